The van der Waals surface area contributed by atoms with Gasteiger partial charge in [-0.2, -0.15) is 5.26 Å². The van der Waals surface area contributed by atoms with Crippen molar-refractivity contribution in [1.82, 2.24) is 5.32 Å². The van der Waals surface area contributed by atoms with E-state index in [4.69, 9.17) is 19.8 Å². The Balaban J connectivity index is 2.22. The number of hydrogen-bond acceptors (Lipinski definition) is 5. The summed E-state index contributed by atoms with van der Waals surface area (Å²) in [6, 6.07) is 6.81. The monoisotopic (exact) mass is 262 g/mol. The third-order valence-electron chi connectivity index (χ3n) is 2.99. The molecule has 2 N–H and O–H groups in total. The molecule has 1 heterocycles. The summed E-state index contributed by atoms with van der Waals surface area (Å²) in [4.78, 5) is 10.9. The summed E-state index contributed by atoms with van der Waals surface area (Å²) in [5.74, 6) is -0.0333. The molecule has 2 rings (SSSR count). The molecule has 0 unspecified atom stereocenters. The van der Waals surface area contributed by atoms with Crippen LogP contribution in [0.2, 0.25) is 0 Å². The van der Waals surface area contributed by atoms with Gasteiger partial charge >= 0.3 is 5.97 Å². The molecule has 19 heavy (non-hydrogen) atoms. The van der Waals surface area contributed by atoms with E-state index in [9.17, 15) is 4.79 Å². The lowest BCUT2D eigenvalue weighted by Crippen LogP contribution is -2.64. The third-order valence-corrected chi connectivity index (χ3v) is 2.99. The summed E-state index contributed by atoms with van der Waals surface area (Å²) in [5.41, 5.74) is -0.281. The second-order valence-corrected chi connectivity index (χ2v) is 4.44. The van der Waals surface area contributed by atoms with Gasteiger partial charge in [0, 0.05) is 19.2 Å². The van der Waals surface area contributed by atoms with Gasteiger partial charge in [0.1, 0.15) is 5.60 Å². The summed E-state index contributed by atoms with van der Waals surface area (Å²) in [7, 11) is 1.48. The van der Waals surface area contributed by atoms with Crippen LogP contribution in [0.5, 0.6) is 11.5 Å². The van der Waals surface area contributed by atoms with Crippen LogP contribution in [-0.2, 0) is 4.79 Å². The SMILES string of the molecule is COc1cc(C#N)ccc1OC1(CC(=O)O)CNC1. The van der Waals surface area contributed by atoms with Crippen molar-refractivity contribution in [2.24, 2.45) is 0 Å². The number of carboxylic acids is 1. The first-order valence-corrected chi connectivity index (χ1v) is 5.78. The molecule has 1 aliphatic rings. The normalized spacial score (nSPS) is 16.0. The molecule has 100 valence electrons. The number of carbonyl (C=O) groups is 1. The van der Waals surface area contributed by atoms with Gasteiger partial charge in [0.05, 0.1) is 25.2 Å². The molecule has 1 aromatic carbocycles. The Morgan fingerprint density at radius 3 is 2.74 bits per heavy atom. The molecule has 0 bridgehead atoms. The zero-order chi connectivity index (χ0) is 13.9. The zero-order valence-corrected chi connectivity index (χ0v) is 10.5. The van der Waals surface area contributed by atoms with Crippen molar-refractivity contribution < 1.29 is 19.4 Å². The predicted molar refractivity (Wildman–Crippen MR) is 66.2 cm³/mol. The number of rotatable bonds is 5. The number of nitrogens with one attached hydrogen (secondary N) is 1. The maximum Gasteiger partial charge on any atom is 0.307 e. The van der Waals surface area contributed by atoms with Gasteiger partial charge in [-0.3, -0.25) is 4.79 Å². The molecule has 0 radical (unpaired) electrons. The molecular formula is C13H14N2O4. The Kier molecular flexibility index (Phi) is 3.58. The van der Waals surface area contributed by atoms with Crippen LogP contribution in [0, 0.1) is 11.3 Å². The smallest absolute Gasteiger partial charge is 0.307 e. The number of nitriles is 1. The van der Waals surface area contributed by atoms with Gasteiger partial charge < -0.3 is 19.9 Å². The maximum absolute atomic E-state index is 10.9. The number of benzene rings is 1. The Morgan fingerprint density at radius 1 is 1.53 bits per heavy atom. The maximum atomic E-state index is 10.9. The lowest BCUT2D eigenvalue weighted by atomic mass is 9.92. The van der Waals surface area contributed by atoms with E-state index in [1.165, 1.54) is 7.11 Å². The van der Waals surface area contributed by atoms with Crippen molar-refractivity contribution in [2.75, 3.05) is 20.2 Å². The molecule has 0 aliphatic carbocycles. The fraction of sp³-hybridized carbons (Fsp3) is 0.385. The van der Waals surface area contributed by atoms with Gasteiger partial charge in [-0.05, 0) is 12.1 Å². The summed E-state index contributed by atoms with van der Waals surface area (Å²) < 4.78 is 11.0. The highest BCUT2D eigenvalue weighted by molar-refractivity contribution is 5.68. The van der Waals surface area contributed by atoms with Crippen molar-refractivity contribution in [2.45, 2.75) is 12.0 Å². The van der Waals surface area contributed by atoms with Crippen molar-refractivity contribution in [3.05, 3.63) is 23.8 Å². The minimum absolute atomic E-state index is 0.0802. The average Bonchev–Trinajstić information content (AvgIpc) is 2.36. The van der Waals surface area contributed by atoms with Gasteiger partial charge in [0.15, 0.2) is 11.5 Å². The fourth-order valence-corrected chi connectivity index (χ4v) is 1.97. The Bertz CT molecular complexity index is 532. The molecule has 1 aromatic rings. The predicted octanol–water partition coefficient (Wildman–Crippen LogP) is 0.762. The Hall–Kier alpha value is -2.26. The fourth-order valence-electron chi connectivity index (χ4n) is 1.97. The second kappa shape index (κ2) is 5.16. The van der Waals surface area contributed by atoms with Gasteiger partial charge in [-0.25, -0.2) is 0 Å². The van der Waals surface area contributed by atoms with Crippen LogP contribution in [0.25, 0.3) is 0 Å². The number of methoxy groups -OCH3 is 1. The Labute approximate surface area is 110 Å². The first-order chi connectivity index (χ1) is 9.08. The molecular weight excluding hydrogens is 248 g/mol. The number of hydrogen-bond donors (Lipinski definition) is 2. The van der Waals surface area contributed by atoms with Crippen molar-refractivity contribution >= 4 is 5.97 Å². The Morgan fingerprint density at radius 2 is 2.26 bits per heavy atom. The highest BCUT2D eigenvalue weighted by atomic mass is 16.5. The lowest BCUT2D eigenvalue weighted by Gasteiger charge is -2.41. The van der Waals surface area contributed by atoms with E-state index in [1.54, 1.807) is 18.2 Å². The number of ether oxygens (including phenoxy) is 2. The van der Waals surface area contributed by atoms with Gasteiger partial charge in [0.2, 0.25) is 0 Å². The van der Waals surface area contributed by atoms with E-state index in [0.717, 1.165) is 0 Å². The molecule has 0 saturated carbocycles. The van der Waals surface area contributed by atoms with Crippen molar-refractivity contribution in [3.8, 4) is 17.6 Å². The third kappa shape index (κ3) is 2.77. The number of carboxylic acid groups (broad SMARTS) is 1. The summed E-state index contributed by atoms with van der Waals surface area (Å²) in [5, 5.41) is 20.7. The molecule has 0 aromatic heterocycles. The molecule has 1 fully saturated rings. The van der Waals surface area contributed by atoms with Crippen LogP contribution in [0.1, 0.15) is 12.0 Å². The summed E-state index contributed by atoms with van der Waals surface area (Å²) in [6.07, 6.45) is -0.0802. The van der Waals surface area contributed by atoms with Crippen molar-refractivity contribution in [3.63, 3.8) is 0 Å². The van der Waals surface area contributed by atoms with E-state index in [-0.39, 0.29) is 6.42 Å². The van der Waals surface area contributed by atoms with Crippen LogP contribution in [0.4, 0.5) is 0 Å². The molecule has 1 saturated heterocycles. The first kappa shape index (κ1) is 13.2. The number of aliphatic carboxylic acids is 1. The van der Waals surface area contributed by atoms with Crippen LogP contribution in [-0.4, -0.2) is 36.9 Å². The minimum Gasteiger partial charge on any atom is -0.493 e. The topological polar surface area (TPSA) is 91.6 Å². The van der Waals surface area contributed by atoms with Gasteiger partial charge in [0.25, 0.3) is 0 Å². The summed E-state index contributed by atoms with van der Waals surface area (Å²) in [6.45, 7) is 0.949. The average molecular weight is 262 g/mol. The highest BCUT2D eigenvalue weighted by Crippen LogP contribution is 2.33. The second-order valence-electron chi connectivity index (χ2n) is 4.44. The molecule has 0 amide bonds. The van der Waals surface area contributed by atoms with E-state index in [2.05, 4.69) is 5.32 Å². The minimum atomic E-state index is -0.908. The molecule has 1 aliphatic heterocycles. The molecule has 0 spiro atoms. The molecule has 0 atom stereocenters. The van der Waals surface area contributed by atoms with Crippen LogP contribution >= 0.6 is 0 Å². The largest absolute Gasteiger partial charge is 0.493 e. The highest BCUT2D eigenvalue weighted by Gasteiger charge is 2.42. The molecule has 6 nitrogen and oxygen atoms in total. The molecule has 6 heteroatoms. The van der Waals surface area contributed by atoms with Gasteiger partial charge in [-0.1, -0.05) is 0 Å². The van der Waals surface area contributed by atoms with Gasteiger partial charge in [-0.15, -0.1) is 0 Å². The zero-order valence-electron chi connectivity index (χ0n) is 10.5. The number of nitrogens with zero attached hydrogens (tertiary/aromatic N) is 1. The van der Waals surface area contributed by atoms with Crippen LogP contribution in [0.15, 0.2) is 18.2 Å². The lowest BCUT2D eigenvalue weighted by molar-refractivity contribution is -0.143. The van der Waals surface area contributed by atoms with Crippen LogP contribution < -0.4 is 14.8 Å². The van der Waals surface area contributed by atoms with E-state index in [1.807, 2.05) is 6.07 Å². The quantitative estimate of drug-likeness (QED) is 0.814. The summed E-state index contributed by atoms with van der Waals surface area (Å²) >= 11 is 0. The van der Waals surface area contributed by atoms with E-state index < -0.39 is 11.6 Å². The van der Waals surface area contributed by atoms with Crippen LogP contribution in [0.3, 0.4) is 0 Å². The van der Waals surface area contributed by atoms with Crippen molar-refractivity contribution in [1.29, 1.82) is 5.26 Å². The first-order valence-electron chi connectivity index (χ1n) is 5.78. The van der Waals surface area contributed by atoms with E-state index >= 15 is 0 Å². The van der Waals surface area contributed by atoms with E-state index in [0.29, 0.717) is 30.2 Å². The standard InChI is InChI=1S/C13H14N2O4/c1-18-11-4-9(6-14)2-3-10(11)19-13(5-12(16)17)7-15-8-13/h2-4,15H,5,7-8H2,1H3,(H,16,17).